The van der Waals surface area contributed by atoms with E-state index in [4.69, 9.17) is 4.74 Å². The van der Waals surface area contributed by atoms with Crippen LogP contribution in [-0.2, 0) is 23.0 Å². The van der Waals surface area contributed by atoms with Crippen molar-refractivity contribution in [3.63, 3.8) is 0 Å². The van der Waals surface area contributed by atoms with Gasteiger partial charge in [0.25, 0.3) is 5.69 Å². The SMILES string of the molecule is COc1cc(F)ccc1Nc1ncnc2sc3c(c12)CCN(S(=O)(=O)c1ccccc1[N+](=O)[O-])C3. The molecule has 0 fully saturated rings. The lowest BCUT2D eigenvalue weighted by atomic mass is 10.1. The molecule has 180 valence electrons. The van der Waals surface area contributed by atoms with Gasteiger partial charge in [-0.1, -0.05) is 12.1 Å². The number of aromatic nitrogens is 2. The maximum absolute atomic E-state index is 13.6. The van der Waals surface area contributed by atoms with Crippen molar-refractivity contribution in [1.29, 1.82) is 0 Å². The molecule has 1 aliphatic heterocycles. The Bertz CT molecular complexity index is 1570. The van der Waals surface area contributed by atoms with E-state index in [1.54, 1.807) is 6.07 Å². The van der Waals surface area contributed by atoms with Crippen molar-refractivity contribution < 1.29 is 22.5 Å². The second-order valence-electron chi connectivity index (χ2n) is 7.69. The van der Waals surface area contributed by atoms with Crippen LogP contribution in [0, 0.1) is 15.9 Å². The number of rotatable bonds is 6. The van der Waals surface area contributed by atoms with E-state index in [2.05, 4.69) is 15.3 Å². The van der Waals surface area contributed by atoms with Crippen molar-refractivity contribution in [1.82, 2.24) is 14.3 Å². The lowest BCUT2D eigenvalue weighted by molar-refractivity contribution is -0.387. The fraction of sp³-hybridized carbons (Fsp3) is 0.182. The summed E-state index contributed by atoms with van der Waals surface area (Å²) in [6.07, 6.45) is 1.77. The molecule has 1 N–H and O–H groups in total. The monoisotopic (exact) mass is 515 g/mol. The quantitative estimate of drug-likeness (QED) is 0.298. The molecule has 0 spiro atoms. The first-order valence-corrected chi connectivity index (χ1v) is 12.6. The maximum atomic E-state index is 13.6. The Labute approximate surface area is 203 Å². The average molecular weight is 516 g/mol. The summed E-state index contributed by atoms with van der Waals surface area (Å²) in [4.78, 5) is 20.5. The summed E-state index contributed by atoms with van der Waals surface area (Å²) in [5.74, 6) is 0.364. The smallest absolute Gasteiger partial charge is 0.289 e. The molecule has 2 aromatic heterocycles. The fourth-order valence-electron chi connectivity index (χ4n) is 4.07. The number of thiophene rings is 1. The molecule has 0 aliphatic carbocycles. The molecule has 10 nitrogen and oxygen atoms in total. The summed E-state index contributed by atoms with van der Waals surface area (Å²) in [7, 11) is -2.66. The number of fused-ring (bicyclic) bond motifs is 3. The summed E-state index contributed by atoms with van der Waals surface area (Å²) in [6, 6.07) is 9.43. The molecule has 3 heterocycles. The zero-order chi connectivity index (χ0) is 24.7. The number of nitro groups is 1. The van der Waals surface area contributed by atoms with Gasteiger partial charge < -0.3 is 10.1 Å². The van der Waals surface area contributed by atoms with Crippen molar-refractivity contribution in [3.05, 3.63) is 75.2 Å². The minimum atomic E-state index is -4.09. The summed E-state index contributed by atoms with van der Waals surface area (Å²) >= 11 is 1.34. The van der Waals surface area contributed by atoms with Gasteiger partial charge in [-0.3, -0.25) is 10.1 Å². The van der Waals surface area contributed by atoms with Crippen molar-refractivity contribution in [2.24, 2.45) is 0 Å². The van der Waals surface area contributed by atoms with E-state index in [0.717, 1.165) is 15.8 Å². The number of hydrogen-bond donors (Lipinski definition) is 1. The van der Waals surface area contributed by atoms with Gasteiger partial charge in [0.15, 0.2) is 4.90 Å². The molecule has 2 aromatic carbocycles. The number of ether oxygens (including phenoxy) is 1. The Kier molecular flexibility index (Phi) is 5.83. The van der Waals surface area contributed by atoms with Crippen molar-refractivity contribution in [3.8, 4) is 5.75 Å². The van der Waals surface area contributed by atoms with Gasteiger partial charge in [0, 0.05) is 30.1 Å². The lowest BCUT2D eigenvalue weighted by Gasteiger charge is -2.26. The number of nitrogens with zero attached hydrogens (tertiary/aromatic N) is 4. The first kappa shape index (κ1) is 23.1. The molecular weight excluding hydrogens is 497 g/mol. The van der Waals surface area contributed by atoms with Crippen LogP contribution >= 0.6 is 11.3 Å². The highest BCUT2D eigenvalue weighted by atomic mass is 32.2. The van der Waals surface area contributed by atoms with E-state index >= 15 is 0 Å². The number of hydrogen-bond acceptors (Lipinski definition) is 9. The summed E-state index contributed by atoms with van der Waals surface area (Å²) in [6.45, 7) is 0.200. The van der Waals surface area contributed by atoms with Crippen molar-refractivity contribution >= 4 is 48.8 Å². The largest absolute Gasteiger partial charge is 0.494 e. The Morgan fingerprint density at radius 3 is 2.80 bits per heavy atom. The highest BCUT2D eigenvalue weighted by molar-refractivity contribution is 7.89. The highest BCUT2D eigenvalue weighted by Gasteiger charge is 2.35. The summed E-state index contributed by atoms with van der Waals surface area (Å²) in [5, 5.41) is 15.3. The Balaban J connectivity index is 1.51. The van der Waals surface area contributed by atoms with E-state index in [9.17, 15) is 22.9 Å². The van der Waals surface area contributed by atoms with Gasteiger partial charge in [-0.25, -0.2) is 22.8 Å². The van der Waals surface area contributed by atoms with Crippen LogP contribution in [-0.4, -0.2) is 41.3 Å². The third-order valence-corrected chi connectivity index (χ3v) is 8.72. The van der Waals surface area contributed by atoms with Crippen molar-refractivity contribution in [2.75, 3.05) is 19.0 Å². The fourth-order valence-corrected chi connectivity index (χ4v) is 6.92. The zero-order valence-corrected chi connectivity index (χ0v) is 19.9. The number of halogens is 1. The second-order valence-corrected chi connectivity index (χ2v) is 10.7. The molecule has 0 bridgehead atoms. The number of methoxy groups -OCH3 is 1. The van der Waals surface area contributed by atoms with E-state index in [-0.39, 0.29) is 18.0 Å². The molecule has 5 rings (SSSR count). The number of benzene rings is 2. The first-order chi connectivity index (χ1) is 16.8. The van der Waals surface area contributed by atoms with Gasteiger partial charge in [0.05, 0.1) is 23.1 Å². The van der Waals surface area contributed by atoms with Crippen LogP contribution in [0.1, 0.15) is 10.4 Å². The molecule has 0 saturated heterocycles. The number of para-hydroxylation sites is 1. The predicted octanol–water partition coefficient (Wildman–Crippen LogP) is 4.24. The number of sulfonamides is 1. The second kappa shape index (κ2) is 8.83. The van der Waals surface area contributed by atoms with E-state index in [1.165, 1.54) is 65.5 Å². The maximum Gasteiger partial charge on any atom is 0.289 e. The van der Waals surface area contributed by atoms with E-state index in [0.29, 0.717) is 28.5 Å². The van der Waals surface area contributed by atoms with Crippen LogP contribution in [0.5, 0.6) is 5.75 Å². The van der Waals surface area contributed by atoms with Gasteiger partial charge in [-0.15, -0.1) is 11.3 Å². The first-order valence-electron chi connectivity index (χ1n) is 10.4. The summed E-state index contributed by atoms with van der Waals surface area (Å²) in [5.41, 5.74) is 0.966. The van der Waals surface area contributed by atoms with Crippen molar-refractivity contribution in [2.45, 2.75) is 17.9 Å². The van der Waals surface area contributed by atoms with Gasteiger partial charge >= 0.3 is 0 Å². The Morgan fingerprint density at radius 1 is 1.23 bits per heavy atom. The normalized spacial score (nSPS) is 14.0. The van der Waals surface area contributed by atoms with Gasteiger partial charge in [0.1, 0.15) is 28.5 Å². The molecular formula is C22H18FN5O5S2. The van der Waals surface area contributed by atoms with Crippen LogP contribution in [0.15, 0.2) is 53.7 Å². The third kappa shape index (κ3) is 4.07. The van der Waals surface area contributed by atoms with E-state index in [1.807, 2.05) is 0 Å². The predicted molar refractivity (Wildman–Crippen MR) is 128 cm³/mol. The molecule has 13 heteroatoms. The number of nitrogens with one attached hydrogen (secondary N) is 1. The molecule has 4 aromatic rings. The minimum absolute atomic E-state index is 0.0596. The van der Waals surface area contributed by atoms with Gasteiger partial charge in [-0.05, 0) is 30.2 Å². The summed E-state index contributed by atoms with van der Waals surface area (Å²) < 4.78 is 46.7. The van der Waals surface area contributed by atoms with Crippen LogP contribution in [0.4, 0.5) is 21.6 Å². The van der Waals surface area contributed by atoms with Crippen LogP contribution in [0.25, 0.3) is 10.2 Å². The number of anilines is 2. The molecule has 1 aliphatic rings. The molecule has 0 radical (unpaired) electrons. The molecule has 0 amide bonds. The Morgan fingerprint density at radius 2 is 2.03 bits per heavy atom. The topological polar surface area (TPSA) is 128 Å². The van der Waals surface area contributed by atoms with Crippen LogP contribution < -0.4 is 10.1 Å². The van der Waals surface area contributed by atoms with Crippen LogP contribution in [0.3, 0.4) is 0 Å². The van der Waals surface area contributed by atoms with Gasteiger partial charge in [0.2, 0.25) is 10.0 Å². The standard InChI is InChI=1S/C22H18FN5O5S2/c1-33-17-10-13(23)6-7-15(17)26-21-20-14-8-9-27(11-18(14)34-22(20)25-12-24-21)35(31,32)19-5-3-2-4-16(19)28(29)30/h2-7,10,12H,8-9,11H2,1H3,(H,24,25,26). The average Bonchev–Trinajstić information content (AvgIpc) is 3.23. The zero-order valence-electron chi connectivity index (χ0n) is 18.3. The number of nitro benzene ring substituents is 1. The molecule has 35 heavy (non-hydrogen) atoms. The van der Waals surface area contributed by atoms with Crippen LogP contribution in [0.2, 0.25) is 0 Å². The minimum Gasteiger partial charge on any atom is -0.494 e. The van der Waals surface area contributed by atoms with E-state index < -0.39 is 26.5 Å². The lowest BCUT2D eigenvalue weighted by Crippen LogP contribution is -2.35. The molecule has 0 atom stereocenters. The Hall–Kier alpha value is -3.68. The molecule has 0 unspecified atom stereocenters. The third-order valence-electron chi connectivity index (χ3n) is 5.70. The molecule has 0 saturated carbocycles. The van der Waals surface area contributed by atoms with Gasteiger partial charge in [-0.2, -0.15) is 4.31 Å². The highest BCUT2D eigenvalue weighted by Crippen LogP contribution is 2.40.